The van der Waals surface area contributed by atoms with E-state index in [1.54, 1.807) is 30.3 Å². The molecule has 2 N–H and O–H groups in total. The summed E-state index contributed by atoms with van der Waals surface area (Å²) in [5.41, 5.74) is 1.52. The standard InChI is InChI=1S/C19H20ClFN2O2/c20-16-10-8-14(9-11-16)12-22-19(25)13-23-18(24)7-3-5-15-4-1-2-6-17(15)21/h1-2,4,6,8-11H,3,5,7,12-13H2,(H,22,25)(H,23,24). The van der Waals surface area contributed by atoms with Crippen LogP contribution in [0.2, 0.25) is 5.02 Å². The van der Waals surface area contributed by atoms with Gasteiger partial charge in [-0.2, -0.15) is 0 Å². The van der Waals surface area contributed by atoms with E-state index in [1.165, 1.54) is 6.07 Å². The fourth-order valence-corrected chi connectivity index (χ4v) is 2.40. The maximum Gasteiger partial charge on any atom is 0.239 e. The van der Waals surface area contributed by atoms with Crippen molar-refractivity contribution in [2.24, 2.45) is 0 Å². The van der Waals surface area contributed by atoms with Gasteiger partial charge in [0, 0.05) is 18.0 Å². The topological polar surface area (TPSA) is 58.2 Å². The van der Waals surface area contributed by atoms with E-state index < -0.39 is 0 Å². The first-order chi connectivity index (χ1) is 12.0. The van der Waals surface area contributed by atoms with E-state index in [2.05, 4.69) is 10.6 Å². The summed E-state index contributed by atoms with van der Waals surface area (Å²) in [7, 11) is 0. The van der Waals surface area contributed by atoms with E-state index in [0.29, 0.717) is 30.0 Å². The lowest BCUT2D eigenvalue weighted by atomic mass is 10.1. The summed E-state index contributed by atoms with van der Waals surface area (Å²) in [6.45, 7) is 0.297. The monoisotopic (exact) mass is 362 g/mol. The van der Waals surface area contributed by atoms with Crippen molar-refractivity contribution in [3.05, 3.63) is 70.5 Å². The second-order valence-corrected chi connectivity index (χ2v) is 6.06. The third-order valence-electron chi connectivity index (χ3n) is 3.66. The summed E-state index contributed by atoms with van der Waals surface area (Å²) in [5, 5.41) is 5.92. The lowest BCUT2D eigenvalue weighted by Gasteiger charge is -2.07. The van der Waals surface area contributed by atoms with E-state index in [1.807, 2.05) is 12.1 Å². The summed E-state index contributed by atoms with van der Waals surface area (Å²) < 4.78 is 13.5. The smallest absolute Gasteiger partial charge is 0.239 e. The molecule has 0 saturated heterocycles. The van der Waals surface area contributed by atoms with E-state index in [4.69, 9.17) is 11.6 Å². The maximum atomic E-state index is 13.5. The fraction of sp³-hybridized carbons (Fsp3) is 0.263. The molecule has 0 aromatic heterocycles. The van der Waals surface area contributed by atoms with Crippen LogP contribution in [0.4, 0.5) is 4.39 Å². The van der Waals surface area contributed by atoms with Crippen molar-refractivity contribution in [1.29, 1.82) is 0 Å². The van der Waals surface area contributed by atoms with Crippen LogP contribution in [-0.4, -0.2) is 18.4 Å². The lowest BCUT2D eigenvalue weighted by molar-refractivity contribution is -0.126. The number of amides is 2. The molecule has 0 unspecified atom stereocenters. The Morgan fingerprint density at radius 1 is 0.960 bits per heavy atom. The fourth-order valence-electron chi connectivity index (χ4n) is 2.27. The molecule has 0 spiro atoms. The van der Waals surface area contributed by atoms with Crippen LogP contribution >= 0.6 is 11.6 Å². The molecule has 4 nitrogen and oxygen atoms in total. The highest BCUT2D eigenvalue weighted by Crippen LogP contribution is 2.10. The molecule has 2 amide bonds. The summed E-state index contributed by atoms with van der Waals surface area (Å²) in [6.07, 6.45) is 1.26. The SMILES string of the molecule is O=C(CCCc1ccccc1F)NCC(=O)NCc1ccc(Cl)cc1. The summed E-state index contributed by atoms with van der Waals surface area (Å²) in [5.74, 6) is -0.750. The highest BCUT2D eigenvalue weighted by Gasteiger charge is 2.07. The number of nitrogens with one attached hydrogen (secondary N) is 2. The van der Waals surface area contributed by atoms with Gasteiger partial charge in [-0.1, -0.05) is 41.9 Å². The Labute approximate surface area is 151 Å². The predicted molar refractivity (Wildman–Crippen MR) is 95.6 cm³/mol. The van der Waals surface area contributed by atoms with Gasteiger partial charge in [0.1, 0.15) is 5.82 Å². The number of rotatable bonds is 8. The second-order valence-electron chi connectivity index (χ2n) is 5.62. The molecule has 132 valence electrons. The number of benzene rings is 2. The molecule has 0 aliphatic heterocycles. The molecule has 0 fully saturated rings. The van der Waals surface area contributed by atoms with Crippen molar-refractivity contribution in [1.82, 2.24) is 10.6 Å². The molecule has 0 atom stereocenters. The van der Waals surface area contributed by atoms with Gasteiger partial charge in [0.2, 0.25) is 11.8 Å². The number of carbonyl (C=O) groups excluding carboxylic acids is 2. The number of hydrogen-bond donors (Lipinski definition) is 2. The van der Waals surface area contributed by atoms with Gasteiger partial charge < -0.3 is 10.6 Å². The largest absolute Gasteiger partial charge is 0.350 e. The minimum Gasteiger partial charge on any atom is -0.350 e. The number of hydrogen-bond acceptors (Lipinski definition) is 2. The summed E-state index contributed by atoms with van der Waals surface area (Å²) >= 11 is 5.79. The minimum absolute atomic E-state index is 0.0773. The third kappa shape index (κ3) is 6.93. The van der Waals surface area contributed by atoms with Crippen molar-refractivity contribution in [2.45, 2.75) is 25.8 Å². The molecule has 0 radical (unpaired) electrons. The number of aryl methyl sites for hydroxylation is 1. The first-order valence-corrected chi connectivity index (χ1v) is 8.43. The van der Waals surface area contributed by atoms with Gasteiger partial charge in [-0.15, -0.1) is 0 Å². The van der Waals surface area contributed by atoms with Gasteiger partial charge in [0.05, 0.1) is 6.54 Å². The molecule has 0 aliphatic carbocycles. The van der Waals surface area contributed by atoms with Gasteiger partial charge in [-0.05, 0) is 42.2 Å². The van der Waals surface area contributed by atoms with Gasteiger partial charge in [0.25, 0.3) is 0 Å². The Morgan fingerprint density at radius 2 is 1.68 bits per heavy atom. The second kappa shape index (κ2) is 9.79. The summed E-state index contributed by atoms with van der Waals surface area (Å²) in [6, 6.07) is 13.7. The first kappa shape index (κ1) is 18.9. The van der Waals surface area contributed by atoms with Crippen LogP contribution < -0.4 is 10.6 Å². The van der Waals surface area contributed by atoms with Crippen molar-refractivity contribution in [2.75, 3.05) is 6.54 Å². The van der Waals surface area contributed by atoms with E-state index in [-0.39, 0.29) is 30.6 Å². The zero-order valence-corrected chi connectivity index (χ0v) is 14.5. The third-order valence-corrected chi connectivity index (χ3v) is 3.91. The molecule has 25 heavy (non-hydrogen) atoms. The van der Waals surface area contributed by atoms with Crippen molar-refractivity contribution in [3.63, 3.8) is 0 Å². The zero-order valence-electron chi connectivity index (χ0n) is 13.7. The van der Waals surface area contributed by atoms with Crippen LogP contribution in [-0.2, 0) is 22.6 Å². The van der Waals surface area contributed by atoms with Gasteiger partial charge in [0.15, 0.2) is 0 Å². The Bertz CT molecular complexity index is 720. The Morgan fingerprint density at radius 3 is 2.40 bits per heavy atom. The summed E-state index contributed by atoms with van der Waals surface area (Å²) in [4.78, 5) is 23.5. The zero-order chi connectivity index (χ0) is 18.1. The molecular weight excluding hydrogens is 343 g/mol. The highest BCUT2D eigenvalue weighted by atomic mass is 35.5. The molecule has 0 heterocycles. The van der Waals surface area contributed by atoms with Crippen LogP contribution in [0.15, 0.2) is 48.5 Å². The van der Waals surface area contributed by atoms with E-state index in [0.717, 1.165) is 5.56 Å². The van der Waals surface area contributed by atoms with Crippen LogP contribution in [0.3, 0.4) is 0 Å². The average Bonchev–Trinajstić information content (AvgIpc) is 2.61. The van der Waals surface area contributed by atoms with Crippen molar-refractivity contribution < 1.29 is 14.0 Å². The molecular formula is C19H20ClFN2O2. The molecule has 0 aliphatic rings. The van der Waals surface area contributed by atoms with Crippen LogP contribution in [0.1, 0.15) is 24.0 Å². The van der Waals surface area contributed by atoms with E-state index in [9.17, 15) is 14.0 Å². The molecule has 2 aromatic carbocycles. The van der Waals surface area contributed by atoms with Gasteiger partial charge in [-0.25, -0.2) is 4.39 Å². The van der Waals surface area contributed by atoms with Crippen LogP contribution in [0, 0.1) is 5.82 Å². The van der Waals surface area contributed by atoms with Crippen LogP contribution in [0.25, 0.3) is 0 Å². The Balaban J connectivity index is 1.61. The average molecular weight is 363 g/mol. The molecule has 0 saturated carbocycles. The van der Waals surface area contributed by atoms with Gasteiger partial charge >= 0.3 is 0 Å². The molecule has 6 heteroatoms. The van der Waals surface area contributed by atoms with Crippen molar-refractivity contribution in [3.8, 4) is 0 Å². The highest BCUT2D eigenvalue weighted by molar-refractivity contribution is 6.30. The maximum absolute atomic E-state index is 13.5. The lowest BCUT2D eigenvalue weighted by Crippen LogP contribution is -2.36. The quantitative estimate of drug-likeness (QED) is 0.757. The Hall–Kier alpha value is -2.40. The van der Waals surface area contributed by atoms with Gasteiger partial charge in [-0.3, -0.25) is 9.59 Å². The van der Waals surface area contributed by atoms with Crippen LogP contribution in [0.5, 0.6) is 0 Å². The molecule has 0 bridgehead atoms. The van der Waals surface area contributed by atoms with E-state index >= 15 is 0 Å². The van der Waals surface area contributed by atoms with Crippen molar-refractivity contribution >= 4 is 23.4 Å². The predicted octanol–water partition coefficient (Wildman–Crippen LogP) is 3.23. The normalized spacial score (nSPS) is 10.3. The number of halogens is 2. The molecule has 2 aromatic rings. The molecule has 2 rings (SSSR count). The Kier molecular flexibility index (Phi) is 7.41. The first-order valence-electron chi connectivity index (χ1n) is 8.06. The number of carbonyl (C=O) groups is 2. The minimum atomic E-state index is -0.266.